The lowest BCUT2D eigenvalue weighted by Gasteiger charge is -2.18. The maximum Gasteiger partial charge on any atom is 0.335 e. The number of rotatable bonds is 3. The molecule has 4 nitrogen and oxygen atoms in total. The molecule has 0 atom stereocenters. The van der Waals surface area contributed by atoms with E-state index in [0.29, 0.717) is 18.4 Å². The molecule has 0 saturated heterocycles. The number of hydrogen-bond acceptors (Lipinski definition) is 3. The van der Waals surface area contributed by atoms with Crippen LogP contribution in [0, 0.1) is 0 Å². The molecule has 4 heteroatoms. The Balaban J connectivity index is 1.89. The van der Waals surface area contributed by atoms with E-state index in [9.17, 15) is 9.59 Å². The van der Waals surface area contributed by atoms with Crippen LogP contribution in [0.1, 0.15) is 38.3 Å². The number of carbonyl (C=O) groups is 2. The molecule has 24 heavy (non-hydrogen) atoms. The van der Waals surface area contributed by atoms with Gasteiger partial charge in [-0.05, 0) is 60.4 Å². The zero-order chi connectivity index (χ0) is 17.3. The Labute approximate surface area is 141 Å². The fourth-order valence-electron chi connectivity index (χ4n) is 2.92. The molecule has 3 rings (SSSR count). The summed E-state index contributed by atoms with van der Waals surface area (Å²) in [6.45, 7) is 0. The fourth-order valence-corrected chi connectivity index (χ4v) is 2.92. The lowest BCUT2D eigenvalue weighted by Crippen LogP contribution is -2.15. The smallest absolute Gasteiger partial charge is 0.335 e. The molecule has 2 aromatic carbocycles. The number of aromatic carboxylic acids is 1. The predicted molar refractivity (Wildman–Crippen MR) is 94.8 cm³/mol. The van der Waals surface area contributed by atoms with Crippen molar-refractivity contribution in [3.05, 3.63) is 70.3 Å². The van der Waals surface area contributed by atoms with E-state index in [-0.39, 0.29) is 11.3 Å². The lowest BCUT2D eigenvalue weighted by molar-refractivity contribution is 0.0696. The summed E-state index contributed by atoms with van der Waals surface area (Å²) in [7, 11) is 3.97. The number of benzene rings is 2. The number of allylic oxidation sites excluding steroid dienone is 1. The standard InChI is InChI=1S/C20H19NO3/c1-21(2)17-8-3-13(4-9-17)11-15-6-5-14-12-16(20(23)24)7-10-18(14)19(15)22/h3-4,7-12H,5-6H2,1-2H3,(H,23,24). The average Bonchev–Trinajstić information content (AvgIpc) is 2.57. The first kappa shape index (κ1) is 16.0. The molecular formula is C20H19NO3. The molecule has 1 aliphatic rings. The van der Waals surface area contributed by atoms with E-state index in [0.717, 1.165) is 22.4 Å². The molecule has 122 valence electrons. The number of aryl methyl sites for hydroxylation is 1. The van der Waals surface area contributed by atoms with Crippen LogP contribution in [-0.2, 0) is 6.42 Å². The van der Waals surface area contributed by atoms with E-state index in [1.807, 2.05) is 49.3 Å². The Hall–Kier alpha value is -2.88. The number of ketones is 1. The Morgan fingerprint density at radius 2 is 1.79 bits per heavy atom. The monoisotopic (exact) mass is 321 g/mol. The van der Waals surface area contributed by atoms with E-state index in [1.54, 1.807) is 12.1 Å². The zero-order valence-electron chi connectivity index (χ0n) is 13.7. The summed E-state index contributed by atoms with van der Waals surface area (Å²) in [6, 6.07) is 12.8. The van der Waals surface area contributed by atoms with Crippen molar-refractivity contribution in [2.75, 3.05) is 19.0 Å². The molecular weight excluding hydrogens is 302 g/mol. The van der Waals surface area contributed by atoms with Crippen LogP contribution in [0.4, 0.5) is 5.69 Å². The van der Waals surface area contributed by atoms with Gasteiger partial charge in [-0.15, -0.1) is 0 Å². The second-order valence-electron chi connectivity index (χ2n) is 6.16. The van der Waals surface area contributed by atoms with Gasteiger partial charge in [-0.2, -0.15) is 0 Å². The van der Waals surface area contributed by atoms with Gasteiger partial charge >= 0.3 is 5.97 Å². The molecule has 0 unspecified atom stereocenters. The number of hydrogen-bond donors (Lipinski definition) is 1. The van der Waals surface area contributed by atoms with E-state index < -0.39 is 5.97 Å². The Kier molecular flexibility index (Phi) is 4.21. The third kappa shape index (κ3) is 3.08. The summed E-state index contributed by atoms with van der Waals surface area (Å²) in [5, 5.41) is 9.06. The Morgan fingerprint density at radius 3 is 2.42 bits per heavy atom. The van der Waals surface area contributed by atoms with Crippen LogP contribution < -0.4 is 4.90 Å². The molecule has 0 saturated carbocycles. The van der Waals surface area contributed by atoms with Gasteiger partial charge in [0.2, 0.25) is 0 Å². The predicted octanol–water partition coefficient (Wildman–Crippen LogP) is 3.66. The van der Waals surface area contributed by atoms with Gasteiger partial charge in [-0.25, -0.2) is 4.79 Å². The molecule has 0 amide bonds. The number of carboxylic acid groups (broad SMARTS) is 1. The second-order valence-corrected chi connectivity index (χ2v) is 6.16. The molecule has 2 aromatic rings. The van der Waals surface area contributed by atoms with Crippen LogP contribution in [0.25, 0.3) is 6.08 Å². The van der Waals surface area contributed by atoms with Crippen molar-refractivity contribution >= 4 is 23.5 Å². The molecule has 0 fully saturated rings. The van der Waals surface area contributed by atoms with E-state index in [1.165, 1.54) is 6.07 Å². The third-order valence-corrected chi connectivity index (χ3v) is 4.30. The minimum Gasteiger partial charge on any atom is -0.478 e. The van der Waals surface area contributed by atoms with Crippen molar-refractivity contribution in [1.82, 2.24) is 0 Å². The molecule has 0 radical (unpaired) electrons. The van der Waals surface area contributed by atoms with Crippen LogP contribution in [0.3, 0.4) is 0 Å². The number of fused-ring (bicyclic) bond motifs is 1. The summed E-state index contributed by atoms with van der Waals surface area (Å²) in [6.07, 6.45) is 3.24. The highest BCUT2D eigenvalue weighted by Gasteiger charge is 2.22. The molecule has 0 aromatic heterocycles. The zero-order valence-corrected chi connectivity index (χ0v) is 13.7. The Morgan fingerprint density at radius 1 is 1.08 bits per heavy atom. The van der Waals surface area contributed by atoms with Gasteiger partial charge < -0.3 is 10.0 Å². The van der Waals surface area contributed by atoms with Gasteiger partial charge in [0.05, 0.1) is 5.56 Å². The topological polar surface area (TPSA) is 57.6 Å². The van der Waals surface area contributed by atoms with Crippen molar-refractivity contribution in [3.63, 3.8) is 0 Å². The lowest BCUT2D eigenvalue weighted by atomic mass is 9.85. The van der Waals surface area contributed by atoms with E-state index >= 15 is 0 Å². The fraction of sp³-hybridized carbons (Fsp3) is 0.200. The summed E-state index contributed by atoms with van der Waals surface area (Å²) in [5.41, 5.74) is 4.53. The molecule has 0 spiro atoms. The van der Waals surface area contributed by atoms with Gasteiger partial charge in [0.25, 0.3) is 0 Å². The molecule has 0 bridgehead atoms. The quantitative estimate of drug-likeness (QED) is 0.877. The Bertz CT molecular complexity index is 832. The SMILES string of the molecule is CN(C)c1ccc(C=C2CCc3cc(C(=O)O)ccc3C2=O)cc1. The van der Waals surface area contributed by atoms with E-state index in [2.05, 4.69) is 0 Å². The summed E-state index contributed by atoms with van der Waals surface area (Å²) in [5.74, 6) is -0.975. The summed E-state index contributed by atoms with van der Waals surface area (Å²) >= 11 is 0. The van der Waals surface area contributed by atoms with Crippen molar-refractivity contribution < 1.29 is 14.7 Å². The molecule has 1 aliphatic carbocycles. The molecule has 0 heterocycles. The van der Waals surface area contributed by atoms with Crippen LogP contribution >= 0.6 is 0 Å². The number of anilines is 1. The van der Waals surface area contributed by atoms with Gasteiger partial charge in [-0.3, -0.25) is 4.79 Å². The van der Waals surface area contributed by atoms with Crippen LogP contribution in [0.5, 0.6) is 0 Å². The maximum atomic E-state index is 12.7. The highest BCUT2D eigenvalue weighted by Crippen LogP contribution is 2.28. The molecule has 1 N–H and O–H groups in total. The normalized spacial score (nSPS) is 15.2. The van der Waals surface area contributed by atoms with Crippen LogP contribution in [-0.4, -0.2) is 31.0 Å². The van der Waals surface area contributed by atoms with Crippen LogP contribution in [0.15, 0.2) is 48.0 Å². The maximum absolute atomic E-state index is 12.7. The first-order valence-electron chi connectivity index (χ1n) is 7.84. The summed E-state index contributed by atoms with van der Waals surface area (Å²) in [4.78, 5) is 25.7. The highest BCUT2D eigenvalue weighted by molar-refractivity contribution is 6.13. The van der Waals surface area contributed by atoms with Crippen molar-refractivity contribution in [2.45, 2.75) is 12.8 Å². The number of carboxylic acids is 1. The highest BCUT2D eigenvalue weighted by atomic mass is 16.4. The number of nitrogens with zero attached hydrogens (tertiary/aromatic N) is 1. The number of carbonyl (C=O) groups excluding carboxylic acids is 1. The van der Waals surface area contributed by atoms with Gasteiger partial charge in [0.15, 0.2) is 5.78 Å². The average molecular weight is 321 g/mol. The van der Waals surface area contributed by atoms with Gasteiger partial charge in [0, 0.05) is 30.9 Å². The minimum absolute atomic E-state index is 0.00938. The van der Waals surface area contributed by atoms with Crippen molar-refractivity contribution in [3.8, 4) is 0 Å². The first-order valence-corrected chi connectivity index (χ1v) is 7.84. The van der Waals surface area contributed by atoms with Crippen molar-refractivity contribution in [2.24, 2.45) is 0 Å². The van der Waals surface area contributed by atoms with Gasteiger partial charge in [0.1, 0.15) is 0 Å². The van der Waals surface area contributed by atoms with Gasteiger partial charge in [-0.1, -0.05) is 12.1 Å². The third-order valence-electron chi connectivity index (χ3n) is 4.30. The summed E-state index contributed by atoms with van der Waals surface area (Å²) < 4.78 is 0. The second kappa shape index (κ2) is 6.32. The first-order chi connectivity index (χ1) is 11.5. The molecule has 0 aliphatic heterocycles. The number of Topliss-reactive ketones (excluding diaryl/α,β-unsaturated/α-hetero) is 1. The van der Waals surface area contributed by atoms with E-state index in [4.69, 9.17) is 5.11 Å². The largest absolute Gasteiger partial charge is 0.478 e. The van der Waals surface area contributed by atoms with Crippen LogP contribution in [0.2, 0.25) is 0 Å². The minimum atomic E-state index is -0.965. The van der Waals surface area contributed by atoms with Crippen molar-refractivity contribution in [1.29, 1.82) is 0 Å².